The highest BCUT2D eigenvalue weighted by molar-refractivity contribution is 7.90. The van der Waals surface area contributed by atoms with Gasteiger partial charge in [0.1, 0.15) is 0 Å². The molecule has 0 radical (unpaired) electrons. The summed E-state index contributed by atoms with van der Waals surface area (Å²) in [6, 6.07) is 8.95. The van der Waals surface area contributed by atoms with Crippen LogP contribution in [0, 0.1) is 11.6 Å². The topological polar surface area (TPSA) is 63.2 Å². The molecule has 7 heteroatoms. The van der Waals surface area contributed by atoms with E-state index in [2.05, 4.69) is 5.32 Å². The summed E-state index contributed by atoms with van der Waals surface area (Å²) in [6.45, 7) is 0. The fraction of sp³-hybridized carbons (Fsp3) is 0.133. The second kappa shape index (κ2) is 6.23. The molecule has 0 saturated carbocycles. The average molecular weight is 325 g/mol. The van der Waals surface area contributed by atoms with Crippen LogP contribution in [0.4, 0.5) is 14.5 Å². The molecule has 0 bridgehead atoms. The van der Waals surface area contributed by atoms with Crippen molar-refractivity contribution in [3.8, 4) is 0 Å². The molecule has 0 aliphatic heterocycles. The third-order valence-corrected chi connectivity index (χ3v) is 4.05. The van der Waals surface area contributed by atoms with E-state index in [-0.39, 0.29) is 17.0 Å². The molecule has 0 aromatic heterocycles. The average Bonchev–Trinajstić information content (AvgIpc) is 2.42. The van der Waals surface area contributed by atoms with Crippen LogP contribution in [0.2, 0.25) is 0 Å². The maximum atomic E-state index is 13.0. The van der Waals surface area contributed by atoms with Crippen LogP contribution in [0.3, 0.4) is 0 Å². The van der Waals surface area contributed by atoms with Gasteiger partial charge in [0, 0.05) is 18.0 Å². The van der Waals surface area contributed by atoms with Crippen LogP contribution in [0.1, 0.15) is 5.56 Å². The van der Waals surface area contributed by atoms with Gasteiger partial charge < -0.3 is 5.32 Å². The number of nitrogens with one attached hydrogen (secondary N) is 1. The van der Waals surface area contributed by atoms with Gasteiger partial charge in [-0.3, -0.25) is 4.79 Å². The quantitative estimate of drug-likeness (QED) is 0.939. The fourth-order valence-corrected chi connectivity index (χ4v) is 2.45. The van der Waals surface area contributed by atoms with Gasteiger partial charge in [0.05, 0.1) is 11.3 Å². The highest BCUT2D eigenvalue weighted by Gasteiger charge is 2.09. The minimum atomic E-state index is -3.28. The van der Waals surface area contributed by atoms with E-state index in [1.807, 2.05) is 0 Å². The van der Waals surface area contributed by atoms with Crippen molar-refractivity contribution in [2.75, 3.05) is 11.6 Å². The van der Waals surface area contributed by atoms with Crippen LogP contribution in [0.25, 0.3) is 0 Å². The number of amides is 1. The fourth-order valence-electron chi connectivity index (χ4n) is 1.82. The van der Waals surface area contributed by atoms with Gasteiger partial charge in [-0.15, -0.1) is 0 Å². The molecule has 2 aromatic carbocycles. The van der Waals surface area contributed by atoms with Gasteiger partial charge in [-0.25, -0.2) is 17.2 Å². The van der Waals surface area contributed by atoms with Crippen LogP contribution in [0.15, 0.2) is 47.4 Å². The zero-order valence-corrected chi connectivity index (χ0v) is 12.5. The Morgan fingerprint density at radius 2 is 1.68 bits per heavy atom. The first kappa shape index (κ1) is 16.1. The molecule has 1 N–H and O–H groups in total. The van der Waals surface area contributed by atoms with Crippen molar-refractivity contribution in [2.24, 2.45) is 0 Å². The highest BCUT2D eigenvalue weighted by atomic mass is 32.2. The van der Waals surface area contributed by atoms with Gasteiger partial charge >= 0.3 is 0 Å². The first-order valence-electron chi connectivity index (χ1n) is 6.29. The number of carbonyl (C=O) groups excluding carboxylic acids is 1. The third-order valence-electron chi connectivity index (χ3n) is 2.92. The van der Waals surface area contributed by atoms with E-state index in [4.69, 9.17) is 0 Å². The lowest BCUT2D eigenvalue weighted by atomic mass is 10.1. The van der Waals surface area contributed by atoms with E-state index >= 15 is 0 Å². The first-order valence-corrected chi connectivity index (χ1v) is 8.19. The molecule has 4 nitrogen and oxygen atoms in total. The Morgan fingerprint density at radius 1 is 1.05 bits per heavy atom. The summed E-state index contributed by atoms with van der Waals surface area (Å²) in [6.07, 6.45) is 1.08. The molecule has 0 saturated heterocycles. The van der Waals surface area contributed by atoms with Crippen molar-refractivity contribution in [3.05, 3.63) is 59.7 Å². The molecule has 1 amide bonds. The van der Waals surface area contributed by atoms with E-state index < -0.39 is 27.4 Å². The summed E-state index contributed by atoms with van der Waals surface area (Å²) in [7, 11) is -3.28. The number of sulfone groups is 1. The Hall–Kier alpha value is -2.28. The Bertz CT molecular complexity index is 802. The molecular formula is C15H13F2NO3S. The molecule has 116 valence electrons. The predicted octanol–water partition coefficient (Wildman–Crippen LogP) is 2.55. The van der Waals surface area contributed by atoms with Crippen LogP contribution in [-0.2, 0) is 21.1 Å². The lowest BCUT2D eigenvalue weighted by Gasteiger charge is -2.06. The van der Waals surface area contributed by atoms with Gasteiger partial charge in [0.15, 0.2) is 21.5 Å². The summed E-state index contributed by atoms with van der Waals surface area (Å²) in [5, 5.41) is 2.44. The summed E-state index contributed by atoms with van der Waals surface area (Å²) >= 11 is 0. The van der Waals surface area contributed by atoms with Crippen molar-refractivity contribution in [2.45, 2.75) is 11.3 Å². The van der Waals surface area contributed by atoms with Crippen molar-refractivity contribution in [1.82, 2.24) is 0 Å². The second-order valence-electron chi connectivity index (χ2n) is 4.77. The molecule has 2 aromatic rings. The second-order valence-corrected chi connectivity index (χ2v) is 6.79. The van der Waals surface area contributed by atoms with Gasteiger partial charge in [-0.1, -0.05) is 12.1 Å². The molecule has 0 unspecified atom stereocenters. The number of rotatable bonds is 4. The molecule has 2 rings (SSSR count). The Labute approximate surface area is 126 Å². The Morgan fingerprint density at radius 3 is 2.23 bits per heavy atom. The SMILES string of the molecule is CS(=O)(=O)c1ccc(CC(=O)Nc2ccc(F)c(F)c2)cc1. The lowest BCUT2D eigenvalue weighted by molar-refractivity contribution is -0.115. The summed E-state index contributed by atoms with van der Waals surface area (Å²) < 4.78 is 48.5. The Kier molecular flexibility index (Phi) is 4.56. The molecule has 0 aliphatic carbocycles. The van der Waals surface area contributed by atoms with E-state index in [1.54, 1.807) is 0 Å². The first-order chi connectivity index (χ1) is 10.3. The smallest absolute Gasteiger partial charge is 0.228 e. The summed E-state index contributed by atoms with van der Waals surface area (Å²) in [5.41, 5.74) is 0.754. The number of hydrogen-bond donors (Lipinski definition) is 1. The van der Waals surface area contributed by atoms with Crippen LogP contribution < -0.4 is 5.32 Å². The molecule has 22 heavy (non-hydrogen) atoms. The van der Waals surface area contributed by atoms with Crippen molar-refractivity contribution >= 4 is 21.4 Å². The van der Waals surface area contributed by atoms with E-state index in [1.165, 1.54) is 30.3 Å². The van der Waals surface area contributed by atoms with Crippen molar-refractivity contribution in [3.63, 3.8) is 0 Å². The van der Waals surface area contributed by atoms with Crippen LogP contribution in [-0.4, -0.2) is 20.6 Å². The number of halogens is 2. The van der Waals surface area contributed by atoms with Gasteiger partial charge in [-0.2, -0.15) is 0 Å². The zero-order valence-electron chi connectivity index (χ0n) is 11.6. The Balaban J connectivity index is 2.04. The van der Waals surface area contributed by atoms with E-state index in [0.29, 0.717) is 5.56 Å². The molecule has 0 fully saturated rings. The van der Waals surface area contributed by atoms with Crippen molar-refractivity contribution < 1.29 is 22.0 Å². The molecule has 0 heterocycles. The molecule has 0 spiro atoms. The maximum Gasteiger partial charge on any atom is 0.228 e. The predicted molar refractivity (Wildman–Crippen MR) is 78.2 cm³/mol. The molecular weight excluding hydrogens is 312 g/mol. The number of benzene rings is 2. The normalized spacial score (nSPS) is 11.2. The molecule has 0 aliphatic rings. The van der Waals surface area contributed by atoms with Crippen LogP contribution >= 0.6 is 0 Å². The van der Waals surface area contributed by atoms with Crippen LogP contribution in [0.5, 0.6) is 0 Å². The number of carbonyl (C=O) groups is 1. The largest absolute Gasteiger partial charge is 0.326 e. The lowest BCUT2D eigenvalue weighted by Crippen LogP contribution is -2.14. The van der Waals surface area contributed by atoms with Gasteiger partial charge in [-0.05, 0) is 29.8 Å². The summed E-state index contributed by atoms with van der Waals surface area (Å²) in [4.78, 5) is 12.0. The monoisotopic (exact) mass is 325 g/mol. The van der Waals surface area contributed by atoms with Gasteiger partial charge in [0.25, 0.3) is 0 Å². The van der Waals surface area contributed by atoms with Gasteiger partial charge in [0.2, 0.25) is 5.91 Å². The minimum Gasteiger partial charge on any atom is -0.326 e. The van der Waals surface area contributed by atoms with E-state index in [0.717, 1.165) is 18.4 Å². The van der Waals surface area contributed by atoms with Crippen molar-refractivity contribution in [1.29, 1.82) is 0 Å². The number of hydrogen-bond acceptors (Lipinski definition) is 3. The third kappa shape index (κ3) is 4.11. The maximum absolute atomic E-state index is 13.0. The summed E-state index contributed by atoms with van der Waals surface area (Å²) in [5.74, 6) is -2.46. The minimum absolute atomic E-state index is 0.0109. The standard InChI is InChI=1S/C15H13F2NO3S/c1-22(20,21)12-5-2-10(3-6-12)8-15(19)18-11-4-7-13(16)14(17)9-11/h2-7,9H,8H2,1H3,(H,18,19). The number of anilines is 1. The molecule has 0 atom stereocenters. The zero-order chi connectivity index (χ0) is 16.3. The van der Waals surface area contributed by atoms with E-state index in [9.17, 15) is 22.0 Å². The highest BCUT2D eigenvalue weighted by Crippen LogP contribution is 2.14.